The van der Waals surface area contributed by atoms with Crippen LogP contribution in [0.25, 0.3) is 10.9 Å². The first kappa shape index (κ1) is 14.1. The second kappa shape index (κ2) is 6.76. The van der Waals surface area contributed by atoms with Gasteiger partial charge in [-0.2, -0.15) is 0 Å². The molecule has 2 nitrogen and oxygen atoms in total. The molecule has 0 radical (unpaired) electrons. The molecule has 1 heterocycles. The fourth-order valence-electron chi connectivity index (χ4n) is 2.20. The van der Waals surface area contributed by atoms with Gasteiger partial charge in [-0.05, 0) is 37.8 Å². The van der Waals surface area contributed by atoms with Crippen LogP contribution in [0.4, 0.5) is 5.69 Å². The van der Waals surface area contributed by atoms with E-state index < -0.39 is 0 Å². The number of hydrogen-bond acceptors (Lipinski definition) is 2. The molecule has 0 saturated carbocycles. The van der Waals surface area contributed by atoms with Crippen LogP contribution in [-0.2, 0) is 0 Å². The molecule has 0 aliphatic heterocycles. The summed E-state index contributed by atoms with van der Waals surface area (Å²) in [5.74, 6) is 1.34. The smallest absolute Gasteiger partial charge is 0.0725 e. The Kier molecular flexibility index (Phi) is 5.03. The Labute approximate surface area is 120 Å². The number of anilines is 1. The van der Waals surface area contributed by atoms with Gasteiger partial charge in [0.05, 0.1) is 5.52 Å². The van der Waals surface area contributed by atoms with Crippen molar-refractivity contribution >= 4 is 28.2 Å². The molecule has 1 unspecified atom stereocenters. The fraction of sp³-hybridized carbons (Fsp3) is 0.438. The predicted molar refractivity (Wildman–Crippen MR) is 84.1 cm³/mol. The topological polar surface area (TPSA) is 24.9 Å². The van der Waals surface area contributed by atoms with Crippen LogP contribution in [0.5, 0.6) is 0 Å². The summed E-state index contributed by atoms with van der Waals surface area (Å²) in [7, 11) is 0. The summed E-state index contributed by atoms with van der Waals surface area (Å²) in [4.78, 5) is 4.55. The van der Waals surface area contributed by atoms with Gasteiger partial charge in [-0.15, -0.1) is 11.6 Å². The molecule has 3 heteroatoms. The monoisotopic (exact) mass is 276 g/mol. The number of nitrogens with one attached hydrogen (secondary N) is 1. The van der Waals surface area contributed by atoms with Crippen molar-refractivity contribution in [2.45, 2.75) is 26.7 Å². The molecule has 19 heavy (non-hydrogen) atoms. The Hall–Kier alpha value is -1.28. The number of hydrogen-bond donors (Lipinski definition) is 1. The molecule has 0 aliphatic rings. The largest absolute Gasteiger partial charge is 0.384 e. The lowest BCUT2D eigenvalue weighted by Gasteiger charge is -2.12. The van der Waals surface area contributed by atoms with Crippen molar-refractivity contribution in [1.82, 2.24) is 4.98 Å². The molecule has 0 spiro atoms. The summed E-state index contributed by atoms with van der Waals surface area (Å²) in [6.45, 7) is 5.21. The molecule has 1 aromatic heterocycles. The molecule has 0 aliphatic carbocycles. The summed E-state index contributed by atoms with van der Waals surface area (Å²) in [6, 6.07) is 10.4. The lowest BCUT2D eigenvalue weighted by Crippen LogP contribution is -2.06. The van der Waals surface area contributed by atoms with Gasteiger partial charge in [0, 0.05) is 29.2 Å². The first-order valence-electron chi connectivity index (χ1n) is 6.87. The van der Waals surface area contributed by atoms with Crippen molar-refractivity contribution in [2.75, 3.05) is 17.7 Å². The summed E-state index contributed by atoms with van der Waals surface area (Å²) in [6.07, 6.45) is 2.31. The van der Waals surface area contributed by atoms with Gasteiger partial charge in [-0.3, -0.25) is 4.98 Å². The third-order valence-corrected chi connectivity index (χ3v) is 3.82. The van der Waals surface area contributed by atoms with Crippen LogP contribution in [0.1, 0.15) is 25.5 Å². The van der Waals surface area contributed by atoms with E-state index in [2.05, 4.69) is 41.5 Å². The van der Waals surface area contributed by atoms with Crippen LogP contribution in [0.3, 0.4) is 0 Å². The standard InChI is InChI=1S/C16H21ClN2/c1-12(11-17)6-5-9-18-16-10-13(2)19-15-8-4-3-7-14(15)16/h3-4,7-8,10,12H,5-6,9,11H2,1-2H3,(H,18,19). The Morgan fingerprint density at radius 3 is 2.89 bits per heavy atom. The molecular weight excluding hydrogens is 256 g/mol. The van der Waals surface area contributed by atoms with Gasteiger partial charge in [0.25, 0.3) is 0 Å². The van der Waals surface area contributed by atoms with E-state index in [0.29, 0.717) is 5.92 Å². The second-order valence-electron chi connectivity index (χ2n) is 5.16. The molecule has 2 rings (SSSR count). The number of aromatic nitrogens is 1. The molecule has 2 aromatic rings. The van der Waals surface area contributed by atoms with Gasteiger partial charge in [0.15, 0.2) is 0 Å². The van der Waals surface area contributed by atoms with Crippen LogP contribution >= 0.6 is 11.6 Å². The van der Waals surface area contributed by atoms with E-state index in [1.165, 1.54) is 17.5 Å². The van der Waals surface area contributed by atoms with E-state index in [0.717, 1.165) is 30.1 Å². The first-order chi connectivity index (χ1) is 9.20. The summed E-state index contributed by atoms with van der Waals surface area (Å²) in [5, 5.41) is 4.72. The quantitative estimate of drug-likeness (QED) is 0.616. The van der Waals surface area contributed by atoms with Gasteiger partial charge in [0.1, 0.15) is 0 Å². The normalized spacial score (nSPS) is 12.6. The third-order valence-electron chi connectivity index (χ3n) is 3.30. The van der Waals surface area contributed by atoms with Crippen molar-refractivity contribution in [3.05, 3.63) is 36.0 Å². The average molecular weight is 277 g/mol. The number of fused-ring (bicyclic) bond motifs is 1. The summed E-state index contributed by atoms with van der Waals surface area (Å²) >= 11 is 5.82. The van der Waals surface area contributed by atoms with E-state index in [9.17, 15) is 0 Å². The van der Waals surface area contributed by atoms with Crippen molar-refractivity contribution in [2.24, 2.45) is 5.92 Å². The highest BCUT2D eigenvalue weighted by molar-refractivity contribution is 6.18. The molecule has 102 valence electrons. The highest BCUT2D eigenvalue weighted by atomic mass is 35.5. The van der Waals surface area contributed by atoms with E-state index in [1.54, 1.807) is 0 Å². The lowest BCUT2D eigenvalue weighted by molar-refractivity contribution is 0.572. The minimum Gasteiger partial charge on any atom is -0.384 e. The van der Waals surface area contributed by atoms with Crippen molar-refractivity contribution in [3.8, 4) is 0 Å². The Morgan fingerprint density at radius 2 is 2.11 bits per heavy atom. The lowest BCUT2D eigenvalue weighted by atomic mass is 10.1. The maximum absolute atomic E-state index is 5.82. The predicted octanol–water partition coefficient (Wildman–Crippen LogP) is 4.61. The minimum absolute atomic E-state index is 0.597. The van der Waals surface area contributed by atoms with E-state index in [-0.39, 0.29) is 0 Å². The maximum atomic E-state index is 5.82. The maximum Gasteiger partial charge on any atom is 0.0725 e. The first-order valence-corrected chi connectivity index (χ1v) is 7.40. The second-order valence-corrected chi connectivity index (χ2v) is 5.47. The van der Waals surface area contributed by atoms with Crippen LogP contribution in [-0.4, -0.2) is 17.4 Å². The molecular formula is C16H21ClN2. The number of rotatable bonds is 6. The van der Waals surface area contributed by atoms with Gasteiger partial charge >= 0.3 is 0 Å². The molecule has 0 fully saturated rings. The Bertz CT molecular complexity index is 539. The van der Waals surface area contributed by atoms with Gasteiger partial charge in [-0.1, -0.05) is 25.1 Å². The molecule has 0 saturated heterocycles. The summed E-state index contributed by atoms with van der Waals surface area (Å²) < 4.78 is 0. The molecule has 1 aromatic carbocycles. The van der Waals surface area contributed by atoms with Crippen LogP contribution in [0.15, 0.2) is 30.3 Å². The molecule has 1 atom stereocenters. The SMILES string of the molecule is Cc1cc(NCCCC(C)CCl)c2ccccc2n1. The number of halogens is 1. The number of para-hydroxylation sites is 1. The van der Waals surface area contributed by atoms with Crippen molar-refractivity contribution < 1.29 is 0 Å². The van der Waals surface area contributed by atoms with Crippen molar-refractivity contribution in [1.29, 1.82) is 0 Å². The Morgan fingerprint density at radius 1 is 1.32 bits per heavy atom. The van der Waals surface area contributed by atoms with E-state index in [1.807, 2.05) is 13.0 Å². The third kappa shape index (κ3) is 3.84. The number of aryl methyl sites for hydroxylation is 1. The molecule has 1 N–H and O–H groups in total. The van der Waals surface area contributed by atoms with E-state index >= 15 is 0 Å². The van der Waals surface area contributed by atoms with E-state index in [4.69, 9.17) is 11.6 Å². The highest BCUT2D eigenvalue weighted by Crippen LogP contribution is 2.23. The zero-order chi connectivity index (χ0) is 13.7. The number of nitrogens with zero attached hydrogens (tertiary/aromatic N) is 1. The zero-order valence-electron chi connectivity index (χ0n) is 11.6. The van der Waals surface area contributed by atoms with Gasteiger partial charge < -0.3 is 5.32 Å². The van der Waals surface area contributed by atoms with Crippen LogP contribution < -0.4 is 5.32 Å². The van der Waals surface area contributed by atoms with Crippen LogP contribution in [0.2, 0.25) is 0 Å². The minimum atomic E-state index is 0.597. The number of benzene rings is 1. The van der Waals surface area contributed by atoms with Gasteiger partial charge in [-0.25, -0.2) is 0 Å². The van der Waals surface area contributed by atoms with Crippen molar-refractivity contribution in [3.63, 3.8) is 0 Å². The average Bonchev–Trinajstić information content (AvgIpc) is 2.42. The highest BCUT2D eigenvalue weighted by Gasteiger charge is 2.04. The fourth-order valence-corrected chi connectivity index (χ4v) is 2.36. The number of pyridine rings is 1. The van der Waals surface area contributed by atoms with Gasteiger partial charge in [0.2, 0.25) is 0 Å². The summed E-state index contributed by atoms with van der Waals surface area (Å²) in [5.41, 5.74) is 3.29. The van der Waals surface area contributed by atoms with Crippen LogP contribution in [0, 0.1) is 12.8 Å². The zero-order valence-corrected chi connectivity index (χ0v) is 12.4. The Balaban J connectivity index is 2.04. The molecule has 0 amide bonds. The molecule has 0 bridgehead atoms. The number of alkyl halides is 1.